The van der Waals surface area contributed by atoms with Crippen LogP contribution in [-0.2, 0) is 0 Å². The fourth-order valence-corrected chi connectivity index (χ4v) is 5.82. The number of hydrogen-bond acceptors (Lipinski definition) is 7. The van der Waals surface area contributed by atoms with Gasteiger partial charge in [0.1, 0.15) is 23.2 Å². The third-order valence-electron chi connectivity index (χ3n) is 7.26. The van der Waals surface area contributed by atoms with E-state index in [-0.39, 0.29) is 34.0 Å². The van der Waals surface area contributed by atoms with E-state index in [4.69, 9.17) is 0 Å². The van der Waals surface area contributed by atoms with E-state index in [1.807, 2.05) is 10.4 Å². The SMILES string of the molecule is Cc1ccc(Nc2[nH]c(=O)c(C)c3c2c(=O)n(C2CC2)c(=O)n3-c2cccc(NSN3CCC(F)C3)c2)c(F)c1. The number of fused-ring (bicyclic) bond motifs is 1. The number of nitrogens with one attached hydrogen (secondary N) is 3. The molecule has 40 heavy (non-hydrogen) atoms. The molecule has 0 spiro atoms. The van der Waals surface area contributed by atoms with Crippen LogP contribution in [0, 0.1) is 19.7 Å². The van der Waals surface area contributed by atoms with Gasteiger partial charge in [-0.3, -0.25) is 18.7 Å². The summed E-state index contributed by atoms with van der Waals surface area (Å²) >= 11 is 1.28. The number of nitrogens with zero attached hydrogens (tertiary/aromatic N) is 3. The van der Waals surface area contributed by atoms with E-state index < -0.39 is 28.8 Å². The summed E-state index contributed by atoms with van der Waals surface area (Å²) in [6, 6.07) is 11.4. The molecular weight excluding hydrogens is 538 g/mol. The van der Waals surface area contributed by atoms with Gasteiger partial charge in [0.05, 0.1) is 16.9 Å². The molecule has 2 aromatic heterocycles. The average Bonchev–Trinajstić information content (AvgIpc) is 3.66. The third kappa shape index (κ3) is 4.81. The first kappa shape index (κ1) is 26.3. The lowest BCUT2D eigenvalue weighted by atomic mass is 10.1. The maximum Gasteiger partial charge on any atom is 0.336 e. The average molecular weight is 567 g/mol. The van der Waals surface area contributed by atoms with E-state index in [9.17, 15) is 23.2 Å². The molecule has 9 nitrogen and oxygen atoms in total. The highest BCUT2D eigenvalue weighted by Crippen LogP contribution is 2.34. The van der Waals surface area contributed by atoms with Crippen molar-refractivity contribution < 1.29 is 8.78 Å². The van der Waals surface area contributed by atoms with Crippen molar-refractivity contribution in [3.8, 4) is 5.69 Å². The number of H-pyrrole nitrogens is 1. The van der Waals surface area contributed by atoms with Crippen LogP contribution < -0.4 is 26.8 Å². The zero-order valence-corrected chi connectivity index (χ0v) is 22.8. The summed E-state index contributed by atoms with van der Waals surface area (Å²) in [5.74, 6) is -0.528. The molecule has 2 aromatic carbocycles. The van der Waals surface area contributed by atoms with Gasteiger partial charge in [-0.05, 0) is 69.0 Å². The van der Waals surface area contributed by atoms with Gasteiger partial charge in [-0.15, -0.1) is 0 Å². The molecule has 1 saturated carbocycles. The fraction of sp³-hybridized carbons (Fsp3) is 0.321. The molecule has 2 fully saturated rings. The van der Waals surface area contributed by atoms with Gasteiger partial charge < -0.3 is 15.0 Å². The molecule has 3 heterocycles. The lowest BCUT2D eigenvalue weighted by Crippen LogP contribution is -2.40. The number of hydrogen-bond donors (Lipinski definition) is 3. The molecule has 12 heteroatoms. The van der Waals surface area contributed by atoms with Crippen LogP contribution in [0.5, 0.6) is 0 Å². The van der Waals surface area contributed by atoms with E-state index in [1.165, 1.54) is 33.4 Å². The normalized spacial score (nSPS) is 17.4. The Morgan fingerprint density at radius 2 is 1.85 bits per heavy atom. The van der Waals surface area contributed by atoms with Crippen LogP contribution in [0.1, 0.15) is 36.4 Å². The number of aromatic amines is 1. The Morgan fingerprint density at radius 1 is 1.05 bits per heavy atom. The summed E-state index contributed by atoms with van der Waals surface area (Å²) in [6.07, 6.45) is 0.991. The van der Waals surface area contributed by atoms with Gasteiger partial charge >= 0.3 is 5.69 Å². The highest BCUT2D eigenvalue weighted by atomic mass is 32.2. The van der Waals surface area contributed by atoms with Crippen LogP contribution in [0.15, 0.2) is 56.8 Å². The van der Waals surface area contributed by atoms with Crippen molar-refractivity contribution in [2.75, 3.05) is 23.1 Å². The van der Waals surface area contributed by atoms with Crippen molar-refractivity contribution in [1.82, 2.24) is 18.4 Å². The minimum Gasteiger partial charge on any atom is -0.339 e. The molecule has 1 unspecified atom stereocenters. The van der Waals surface area contributed by atoms with Crippen molar-refractivity contribution >= 4 is 40.2 Å². The largest absolute Gasteiger partial charge is 0.339 e. The minimum absolute atomic E-state index is 0.0150. The Kier molecular flexibility index (Phi) is 6.75. The van der Waals surface area contributed by atoms with Crippen molar-refractivity contribution in [1.29, 1.82) is 0 Å². The smallest absolute Gasteiger partial charge is 0.336 e. The van der Waals surface area contributed by atoms with Gasteiger partial charge in [0.25, 0.3) is 11.1 Å². The summed E-state index contributed by atoms with van der Waals surface area (Å²) < 4.78 is 36.0. The zero-order chi connectivity index (χ0) is 28.1. The first-order chi connectivity index (χ1) is 19.2. The van der Waals surface area contributed by atoms with Gasteiger partial charge in [-0.1, -0.05) is 12.1 Å². The molecule has 208 valence electrons. The number of anilines is 3. The van der Waals surface area contributed by atoms with Gasteiger partial charge in [0, 0.05) is 42.5 Å². The van der Waals surface area contributed by atoms with E-state index in [0.717, 1.165) is 5.56 Å². The van der Waals surface area contributed by atoms with E-state index in [2.05, 4.69) is 15.0 Å². The fourth-order valence-electron chi connectivity index (χ4n) is 5.02. The third-order valence-corrected chi connectivity index (χ3v) is 8.18. The molecule has 1 atom stereocenters. The number of alkyl halides is 1. The van der Waals surface area contributed by atoms with Crippen molar-refractivity contribution in [3.63, 3.8) is 0 Å². The van der Waals surface area contributed by atoms with Crippen LogP contribution >= 0.6 is 12.1 Å². The molecule has 4 aromatic rings. The lowest BCUT2D eigenvalue weighted by molar-refractivity contribution is 0.349. The van der Waals surface area contributed by atoms with Gasteiger partial charge in [-0.25, -0.2) is 17.9 Å². The van der Waals surface area contributed by atoms with Crippen LogP contribution in [0.4, 0.5) is 26.0 Å². The number of aromatic nitrogens is 3. The van der Waals surface area contributed by atoms with E-state index in [0.29, 0.717) is 43.7 Å². The van der Waals surface area contributed by atoms with E-state index in [1.54, 1.807) is 38.1 Å². The van der Waals surface area contributed by atoms with Gasteiger partial charge in [0.15, 0.2) is 0 Å². The molecular formula is C28H28F2N6O3S. The summed E-state index contributed by atoms with van der Waals surface area (Å²) in [5, 5.41) is 2.98. The summed E-state index contributed by atoms with van der Waals surface area (Å²) in [4.78, 5) is 43.5. The lowest BCUT2D eigenvalue weighted by Gasteiger charge is -2.19. The number of benzene rings is 2. The van der Waals surface area contributed by atoms with Gasteiger partial charge in [-0.2, -0.15) is 0 Å². The summed E-state index contributed by atoms with van der Waals surface area (Å²) in [5.41, 5.74) is 0.629. The second-order valence-corrected chi connectivity index (χ2v) is 11.2. The molecule has 0 radical (unpaired) electrons. The quantitative estimate of drug-likeness (QED) is 0.279. The molecule has 0 bridgehead atoms. The number of rotatable bonds is 7. The van der Waals surface area contributed by atoms with Crippen molar-refractivity contribution in [2.45, 2.75) is 45.3 Å². The van der Waals surface area contributed by atoms with E-state index >= 15 is 0 Å². The van der Waals surface area contributed by atoms with Crippen LogP contribution in [0.2, 0.25) is 0 Å². The topological polar surface area (TPSA) is 104 Å². The Morgan fingerprint density at radius 3 is 2.55 bits per heavy atom. The van der Waals surface area contributed by atoms with Crippen LogP contribution in [-0.4, -0.2) is 37.7 Å². The Bertz CT molecular complexity index is 1810. The number of aryl methyl sites for hydroxylation is 2. The molecule has 1 aliphatic carbocycles. The Labute approximate surface area is 232 Å². The molecule has 1 aliphatic heterocycles. The molecule has 3 N–H and O–H groups in total. The maximum absolute atomic E-state index is 14.8. The first-order valence-corrected chi connectivity index (χ1v) is 13.9. The molecule has 2 aliphatic rings. The highest BCUT2D eigenvalue weighted by molar-refractivity contribution is 7.98. The summed E-state index contributed by atoms with van der Waals surface area (Å²) in [7, 11) is 0. The highest BCUT2D eigenvalue weighted by Gasteiger charge is 2.31. The predicted octanol–water partition coefficient (Wildman–Crippen LogP) is 4.69. The monoisotopic (exact) mass is 566 g/mol. The molecule has 1 saturated heterocycles. The van der Waals surface area contributed by atoms with Gasteiger partial charge in [0.2, 0.25) is 0 Å². The number of halogens is 2. The second kappa shape index (κ2) is 10.3. The minimum atomic E-state index is -0.855. The second-order valence-electron chi connectivity index (χ2n) is 10.3. The van der Waals surface area contributed by atoms with Crippen LogP contribution in [0.3, 0.4) is 0 Å². The Balaban J connectivity index is 1.53. The first-order valence-electron chi connectivity index (χ1n) is 13.1. The Hall–Kier alpha value is -3.90. The van der Waals surface area contributed by atoms with Crippen molar-refractivity contribution in [2.24, 2.45) is 0 Å². The zero-order valence-electron chi connectivity index (χ0n) is 22.0. The predicted molar refractivity (Wildman–Crippen MR) is 154 cm³/mol. The summed E-state index contributed by atoms with van der Waals surface area (Å²) in [6.45, 7) is 4.25. The number of pyridine rings is 1. The standard InChI is InChI=1S/C28H28F2N6O3S/c1-15-6-9-22(21(30)12-15)31-25-23-24(16(2)26(37)32-25)35(28(39)36(27(23)38)19-7-8-19)20-5-3-4-18(13-20)33-40-34-11-10-17(29)14-34/h3-6,9,12-13,17,19,33H,7-8,10-11,14H2,1-2H3,(H2,31,32,37). The molecule has 6 rings (SSSR count). The molecule has 0 amide bonds. The maximum atomic E-state index is 14.8. The van der Waals surface area contributed by atoms with Crippen molar-refractivity contribution in [3.05, 3.63) is 90.6 Å². The van der Waals surface area contributed by atoms with Crippen LogP contribution in [0.25, 0.3) is 16.6 Å².